The first-order chi connectivity index (χ1) is 9.69. The number of rotatable bonds is 7. The number of benzene rings is 1. The maximum Gasteiger partial charge on any atom is 0.0830 e. The van der Waals surface area contributed by atoms with Crippen molar-refractivity contribution in [2.45, 2.75) is 26.7 Å². The smallest absolute Gasteiger partial charge is 0.0830 e. The second-order valence-electron chi connectivity index (χ2n) is 5.39. The highest BCUT2D eigenvalue weighted by molar-refractivity contribution is 5.26. The first-order valence-corrected chi connectivity index (χ1v) is 7.29. The molecule has 20 heavy (non-hydrogen) atoms. The van der Waals surface area contributed by atoms with Gasteiger partial charge in [-0.15, -0.1) is 5.10 Å². The van der Waals surface area contributed by atoms with Gasteiger partial charge in [0.25, 0.3) is 0 Å². The van der Waals surface area contributed by atoms with Gasteiger partial charge in [-0.2, -0.15) is 0 Å². The minimum absolute atomic E-state index is 0.549. The molecule has 2 rings (SSSR count). The summed E-state index contributed by atoms with van der Waals surface area (Å²) in [6.07, 6.45) is 4.06. The van der Waals surface area contributed by atoms with E-state index in [1.54, 1.807) is 4.68 Å². The van der Waals surface area contributed by atoms with Crippen LogP contribution in [0, 0.1) is 12.8 Å². The van der Waals surface area contributed by atoms with Gasteiger partial charge in [-0.1, -0.05) is 36.4 Å². The quantitative estimate of drug-likeness (QED) is 0.839. The molecule has 0 saturated heterocycles. The average Bonchev–Trinajstić information content (AvgIpc) is 2.84. The Morgan fingerprint density at radius 2 is 2.05 bits per heavy atom. The van der Waals surface area contributed by atoms with Gasteiger partial charge in [0.2, 0.25) is 0 Å². The van der Waals surface area contributed by atoms with E-state index in [2.05, 4.69) is 53.7 Å². The van der Waals surface area contributed by atoms with E-state index < -0.39 is 0 Å². The Kier molecular flexibility index (Phi) is 5.30. The third kappa shape index (κ3) is 4.17. The minimum atomic E-state index is 0.549. The van der Waals surface area contributed by atoms with Crippen molar-refractivity contribution < 1.29 is 0 Å². The van der Waals surface area contributed by atoms with Crippen LogP contribution in [0.2, 0.25) is 0 Å². The van der Waals surface area contributed by atoms with Gasteiger partial charge in [0, 0.05) is 13.2 Å². The Morgan fingerprint density at radius 3 is 2.70 bits per heavy atom. The van der Waals surface area contributed by atoms with Crippen LogP contribution in [0.25, 0.3) is 0 Å². The topological polar surface area (TPSA) is 42.7 Å². The molecule has 0 aliphatic heterocycles. The van der Waals surface area contributed by atoms with Crippen LogP contribution in [-0.4, -0.2) is 28.1 Å². The Labute approximate surface area is 121 Å². The summed E-state index contributed by atoms with van der Waals surface area (Å²) in [5.74, 6) is 0.549. The van der Waals surface area contributed by atoms with E-state index in [1.165, 1.54) is 11.1 Å². The van der Waals surface area contributed by atoms with Gasteiger partial charge < -0.3 is 5.32 Å². The highest BCUT2D eigenvalue weighted by Gasteiger charge is 2.13. The Hall–Kier alpha value is -1.68. The fraction of sp³-hybridized carbons (Fsp3) is 0.500. The van der Waals surface area contributed by atoms with Crippen molar-refractivity contribution in [2.24, 2.45) is 13.0 Å². The zero-order valence-electron chi connectivity index (χ0n) is 12.6. The average molecular weight is 272 g/mol. The van der Waals surface area contributed by atoms with Gasteiger partial charge in [0.1, 0.15) is 0 Å². The second-order valence-corrected chi connectivity index (χ2v) is 5.39. The molecular formula is C16H24N4. The van der Waals surface area contributed by atoms with Crippen LogP contribution < -0.4 is 5.32 Å². The van der Waals surface area contributed by atoms with Crippen LogP contribution >= 0.6 is 0 Å². The van der Waals surface area contributed by atoms with E-state index in [4.69, 9.17) is 0 Å². The molecule has 1 heterocycles. The normalized spacial score (nSPS) is 12.6. The molecule has 4 nitrogen and oxygen atoms in total. The minimum Gasteiger partial charge on any atom is -0.317 e. The number of nitrogens with zero attached hydrogens (tertiary/aromatic N) is 3. The molecule has 0 bridgehead atoms. The third-order valence-electron chi connectivity index (χ3n) is 3.60. The molecule has 1 unspecified atom stereocenters. The molecule has 1 N–H and O–H groups in total. The molecule has 0 spiro atoms. The van der Waals surface area contributed by atoms with Gasteiger partial charge in [0.05, 0.1) is 5.69 Å². The summed E-state index contributed by atoms with van der Waals surface area (Å²) in [4.78, 5) is 0. The van der Waals surface area contributed by atoms with Crippen LogP contribution in [0.15, 0.2) is 30.5 Å². The predicted molar refractivity (Wildman–Crippen MR) is 81.6 cm³/mol. The largest absolute Gasteiger partial charge is 0.317 e. The van der Waals surface area contributed by atoms with Crippen LogP contribution in [0.1, 0.15) is 23.7 Å². The molecular weight excluding hydrogens is 248 g/mol. The van der Waals surface area contributed by atoms with E-state index in [9.17, 15) is 0 Å². The lowest BCUT2D eigenvalue weighted by molar-refractivity contribution is 0.472. The molecule has 2 aromatic rings. The van der Waals surface area contributed by atoms with Crippen molar-refractivity contribution in [3.05, 3.63) is 47.3 Å². The van der Waals surface area contributed by atoms with Crippen molar-refractivity contribution in [3.8, 4) is 0 Å². The van der Waals surface area contributed by atoms with Crippen LogP contribution in [0.4, 0.5) is 0 Å². The van der Waals surface area contributed by atoms with Crippen LogP contribution in [-0.2, 0) is 19.9 Å². The molecule has 108 valence electrons. The van der Waals surface area contributed by atoms with Crippen LogP contribution in [0.3, 0.4) is 0 Å². The van der Waals surface area contributed by atoms with Crippen molar-refractivity contribution >= 4 is 0 Å². The molecule has 0 radical (unpaired) electrons. The Bertz CT molecular complexity index is 533. The highest BCUT2D eigenvalue weighted by atomic mass is 15.4. The third-order valence-corrected chi connectivity index (χ3v) is 3.60. The summed E-state index contributed by atoms with van der Waals surface area (Å²) >= 11 is 0. The van der Waals surface area contributed by atoms with Gasteiger partial charge in [-0.25, -0.2) is 0 Å². The summed E-state index contributed by atoms with van der Waals surface area (Å²) in [6.45, 7) is 6.35. The molecule has 0 aliphatic rings. The standard InChI is InChI=1S/C16H24N4/c1-4-17-11-14(10-16-12-20(3)19-18-16)9-15-8-6-5-7-13(15)2/h5-8,12,14,17H,4,9-11H2,1-3H3. The van der Waals surface area contributed by atoms with Crippen LogP contribution in [0.5, 0.6) is 0 Å². The Balaban J connectivity index is 2.05. The molecule has 0 saturated carbocycles. The van der Waals surface area contributed by atoms with E-state index in [0.29, 0.717) is 5.92 Å². The number of aryl methyl sites for hydroxylation is 2. The predicted octanol–water partition coefficient (Wildman–Crippen LogP) is 2.13. The summed E-state index contributed by atoms with van der Waals surface area (Å²) in [5.41, 5.74) is 3.87. The van der Waals surface area contributed by atoms with E-state index >= 15 is 0 Å². The zero-order chi connectivity index (χ0) is 14.4. The SMILES string of the molecule is CCNCC(Cc1cn(C)nn1)Cc1ccccc1C. The summed E-state index contributed by atoms with van der Waals surface area (Å²) in [6, 6.07) is 8.63. The van der Waals surface area contributed by atoms with Gasteiger partial charge in [-0.3, -0.25) is 4.68 Å². The molecule has 1 aromatic carbocycles. The summed E-state index contributed by atoms with van der Waals surface area (Å²) in [5, 5.41) is 11.7. The lowest BCUT2D eigenvalue weighted by atomic mass is 9.92. The van der Waals surface area contributed by atoms with Gasteiger partial charge in [0.15, 0.2) is 0 Å². The van der Waals surface area contributed by atoms with E-state index in [1.807, 2.05) is 13.2 Å². The Morgan fingerprint density at radius 1 is 1.25 bits per heavy atom. The van der Waals surface area contributed by atoms with Crippen molar-refractivity contribution in [1.29, 1.82) is 0 Å². The summed E-state index contributed by atoms with van der Waals surface area (Å²) in [7, 11) is 1.91. The molecule has 0 amide bonds. The number of hydrogen-bond acceptors (Lipinski definition) is 3. The lowest BCUT2D eigenvalue weighted by Gasteiger charge is -2.17. The van der Waals surface area contributed by atoms with Crippen molar-refractivity contribution in [2.75, 3.05) is 13.1 Å². The number of hydrogen-bond donors (Lipinski definition) is 1. The molecule has 4 heteroatoms. The fourth-order valence-electron chi connectivity index (χ4n) is 2.50. The summed E-state index contributed by atoms with van der Waals surface area (Å²) < 4.78 is 1.77. The van der Waals surface area contributed by atoms with Gasteiger partial charge in [-0.05, 0) is 49.9 Å². The van der Waals surface area contributed by atoms with E-state index in [0.717, 1.165) is 31.6 Å². The second kappa shape index (κ2) is 7.20. The maximum absolute atomic E-state index is 4.21. The molecule has 1 atom stereocenters. The monoisotopic (exact) mass is 272 g/mol. The highest BCUT2D eigenvalue weighted by Crippen LogP contribution is 2.16. The first-order valence-electron chi connectivity index (χ1n) is 7.29. The lowest BCUT2D eigenvalue weighted by Crippen LogP contribution is -2.26. The van der Waals surface area contributed by atoms with Crippen molar-refractivity contribution in [3.63, 3.8) is 0 Å². The molecule has 1 aromatic heterocycles. The number of nitrogens with one attached hydrogen (secondary N) is 1. The zero-order valence-corrected chi connectivity index (χ0v) is 12.6. The molecule has 0 aliphatic carbocycles. The van der Waals surface area contributed by atoms with E-state index in [-0.39, 0.29) is 0 Å². The maximum atomic E-state index is 4.21. The fourth-order valence-corrected chi connectivity index (χ4v) is 2.50. The van der Waals surface area contributed by atoms with Gasteiger partial charge >= 0.3 is 0 Å². The van der Waals surface area contributed by atoms with Crippen molar-refractivity contribution in [1.82, 2.24) is 20.3 Å². The number of aromatic nitrogens is 3. The first kappa shape index (κ1) is 14.7. The molecule has 0 fully saturated rings.